The predicted molar refractivity (Wildman–Crippen MR) is 90.3 cm³/mol. The maximum absolute atomic E-state index is 13.1. The van der Waals surface area contributed by atoms with Crippen molar-refractivity contribution in [3.05, 3.63) is 22.3 Å². The van der Waals surface area contributed by atoms with Crippen molar-refractivity contribution in [3.8, 4) is 0 Å². The molecule has 2 bridgehead atoms. The number of carbonyl (C=O) groups is 1. The highest BCUT2D eigenvalue weighted by atomic mass is 35.5. The molecule has 0 aromatic carbocycles. The molecule has 2 saturated carbocycles. The molecule has 1 amide bonds. The fourth-order valence-electron chi connectivity index (χ4n) is 4.27. The summed E-state index contributed by atoms with van der Waals surface area (Å²) < 4.78 is 0. The normalized spacial score (nSPS) is 33.2. The van der Waals surface area contributed by atoms with E-state index in [-0.39, 0.29) is 16.7 Å². The summed E-state index contributed by atoms with van der Waals surface area (Å²) in [5.74, 6) is 0.163. The minimum Gasteiger partial charge on any atom is -0.411 e. The molecule has 1 heterocycles. The third kappa shape index (κ3) is 2.02. The fourth-order valence-corrected chi connectivity index (χ4v) is 4.70. The lowest BCUT2D eigenvalue weighted by atomic mass is 9.64. The number of hydrogen-bond donors (Lipinski definition) is 2. The van der Waals surface area contributed by atoms with E-state index in [4.69, 9.17) is 23.2 Å². The smallest absolute Gasteiger partial charge is 0.232 e. The van der Waals surface area contributed by atoms with Gasteiger partial charge >= 0.3 is 0 Å². The summed E-state index contributed by atoms with van der Waals surface area (Å²) in [6, 6.07) is 1.54. The van der Waals surface area contributed by atoms with Crippen molar-refractivity contribution < 1.29 is 10.0 Å². The quantitative estimate of drug-likeness (QED) is 0.610. The number of amides is 1. The van der Waals surface area contributed by atoms with Gasteiger partial charge in [0, 0.05) is 18.0 Å². The molecule has 0 spiro atoms. The zero-order valence-electron chi connectivity index (χ0n) is 13.3. The maximum Gasteiger partial charge on any atom is 0.232 e. The van der Waals surface area contributed by atoms with Gasteiger partial charge in [0.25, 0.3) is 0 Å². The number of carbonyl (C=O) groups excluding carboxylic acids is 1. The van der Waals surface area contributed by atoms with Crippen LogP contribution < -0.4 is 5.32 Å². The molecule has 2 aliphatic carbocycles. The van der Waals surface area contributed by atoms with Crippen molar-refractivity contribution >= 4 is 40.6 Å². The minimum atomic E-state index is -0.631. The van der Waals surface area contributed by atoms with Gasteiger partial charge in [-0.2, -0.15) is 0 Å². The van der Waals surface area contributed by atoms with Crippen LogP contribution in [0.3, 0.4) is 0 Å². The Labute approximate surface area is 145 Å². The molecule has 3 rings (SSSR count). The number of oxime groups is 1. The molecule has 1 aromatic rings. The van der Waals surface area contributed by atoms with Crippen LogP contribution in [0, 0.1) is 16.2 Å². The lowest BCUT2D eigenvalue weighted by Crippen LogP contribution is -2.43. The summed E-state index contributed by atoms with van der Waals surface area (Å²) in [6.07, 6.45) is 3.45. The molecular weight excluding hydrogens is 337 g/mol. The van der Waals surface area contributed by atoms with Crippen molar-refractivity contribution in [2.75, 3.05) is 5.32 Å². The van der Waals surface area contributed by atoms with Gasteiger partial charge in [0.15, 0.2) is 5.82 Å². The summed E-state index contributed by atoms with van der Waals surface area (Å²) in [7, 11) is 0. The summed E-state index contributed by atoms with van der Waals surface area (Å²) in [5.41, 5.74) is -0.548. The van der Waals surface area contributed by atoms with Gasteiger partial charge in [-0.25, -0.2) is 4.98 Å². The SMILES string of the molecule is CC12CCC(C(=O)Nc3ncc(Cl)cc3Cl)(CC1=NO)C2(C)C. The molecule has 124 valence electrons. The third-order valence-electron chi connectivity index (χ3n) is 6.33. The minimum absolute atomic E-state index is 0.137. The van der Waals surface area contributed by atoms with Crippen LogP contribution in [0.2, 0.25) is 10.0 Å². The highest BCUT2D eigenvalue weighted by Crippen LogP contribution is 2.71. The molecule has 23 heavy (non-hydrogen) atoms. The topological polar surface area (TPSA) is 74.6 Å². The Morgan fingerprint density at radius 3 is 2.61 bits per heavy atom. The molecule has 2 fully saturated rings. The number of hydrogen-bond acceptors (Lipinski definition) is 4. The number of fused-ring (bicyclic) bond motifs is 2. The number of pyridine rings is 1. The third-order valence-corrected chi connectivity index (χ3v) is 6.82. The van der Waals surface area contributed by atoms with E-state index in [1.807, 2.05) is 0 Å². The highest BCUT2D eigenvalue weighted by molar-refractivity contribution is 6.36. The number of nitrogens with one attached hydrogen (secondary N) is 1. The molecule has 5 nitrogen and oxygen atoms in total. The number of aromatic nitrogens is 1. The fraction of sp³-hybridized carbons (Fsp3) is 0.562. The monoisotopic (exact) mass is 355 g/mol. The van der Waals surface area contributed by atoms with Crippen molar-refractivity contribution in [3.63, 3.8) is 0 Å². The second-order valence-corrected chi connectivity index (χ2v) is 8.04. The van der Waals surface area contributed by atoms with E-state index in [0.29, 0.717) is 28.0 Å². The maximum atomic E-state index is 13.1. The molecule has 2 aliphatic rings. The van der Waals surface area contributed by atoms with Gasteiger partial charge in [-0.05, 0) is 24.3 Å². The van der Waals surface area contributed by atoms with Gasteiger partial charge in [0.1, 0.15) is 0 Å². The van der Waals surface area contributed by atoms with Crippen molar-refractivity contribution in [1.29, 1.82) is 0 Å². The van der Waals surface area contributed by atoms with Crippen LogP contribution in [0.15, 0.2) is 17.4 Å². The van der Waals surface area contributed by atoms with Gasteiger partial charge in [-0.1, -0.05) is 49.1 Å². The lowest BCUT2D eigenvalue weighted by Gasteiger charge is -2.39. The Morgan fingerprint density at radius 2 is 2.04 bits per heavy atom. The zero-order chi connectivity index (χ0) is 17.0. The van der Waals surface area contributed by atoms with Gasteiger partial charge in [-0.3, -0.25) is 4.79 Å². The first-order chi connectivity index (χ1) is 10.7. The molecule has 2 N–H and O–H groups in total. The zero-order valence-corrected chi connectivity index (χ0v) is 14.8. The molecule has 2 unspecified atom stereocenters. The summed E-state index contributed by atoms with van der Waals surface area (Å²) in [4.78, 5) is 17.2. The van der Waals surface area contributed by atoms with Gasteiger partial charge < -0.3 is 10.5 Å². The summed E-state index contributed by atoms with van der Waals surface area (Å²) in [5, 5.41) is 16.4. The second kappa shape index (κ2) is 5.08. The average molecular weight is 356 g/mol. The van der Waals surface area contributed by atoms with Crippen LogP contribution in [-0.2, 0) is 4.79 Å². The van der Waals surface area contributed by atoms with Gasteiger partial charge in [0.05, 0.1) is 21.2 Å². The van der Waals surface area contributed by atoms with Crippen LogP contribution in [0.25, 0.3) is 0 Å². The Bertz CT molecular complexity index is 719. The van der Waals surface area contributed by atoms with Crippen LogP contribution >= 0.6 is 23.2 Å². The van der Waals surface area contributed by atoms with E-state index in [1.54, 1.807) is 6.07 Å². The largest absolute Gasteiger partial charge is 0.411 e. The number of nitrogens with zero attached hydrogens (tertiary/aromatic N) is 2. The molecule has 0 aliphatic heterocycles. The predicted octanol–water partition coefficient (Wildman–Crippen LogP) is 4.37. The molecule has 0 radical (unpaired) electrons. The number of rotatable bonds is 2. The van der Waals surface area contributed by atoms with Gasteiger partial charge in [0.2, 0.25) is 5.91 Å². The van der Waals surface area contributed by atoms with E-state index in [1.165, 1.54) is 6.20 Å². The van der Waals surface area contributed by atoms with Crippen LogP contribution in [0.5, 0.6) is 0 Å². The molecule has 1 aromatic heterocycles. The van der Waals surface area contributed by atoms with Crippen molar-refractivity contribution in [2.24, 2.45) is 21.4 Å². The Balaban J connectivity index is 1.96. The van der Waals surface area contributed by atoms with Crippen LogP contribution in [0.1, 0.15) is 40.0 Å². The Hall–Kier alpha value is -1.33. The van der Waals surface area contributed by atoms with E-state index < -0.39 is 5.41 Å². The van der Waals surface area contributed by atoms with E-state index in [9.17, 15) is 10.0 Å². The molecule has 2 atom stereocenters. The lowest BCUT2D eigenvalue weighted by molar-refractivity contribution is -0.130. The average Bonchev–Trinajstić information content (AvgIpc) is 2.79. The van der Waals surface area contributed by atoms with Crippen LogP contribution in [-0.4, -0.2) is 21.8 Å². The molecule has 0 saturated heterocycles. The summed E-state index contributed by atoms with van der Waals surface area (Å²) >= 11 is 11.9. The highest BCUT2D eigenvalue weighted by Gasteiger charge is 2.71. The van der Waals surface area contributed by atoms with E-state index >= 15 is 0 Å². The second-order valence-electron chi connectivity index (χ2n) is 7.20. The van der Waals surface area contributed by atoms with Crippen molar-refractivity contribution in [1.82, 2.24) is 4.98 Å². The van der Waals surface area contributed by atoms with Crippen molar-refractivity contribution in [2.45, 2.75) is 40.0 Å². The number of halogens is 2. The van der Waals surface area contributed by atoms with E-state index in [2.05, 4.69) is 36.2 Å². The first-order valence-corrected chi connectivity index (χ1v) is 8.27. The van der Waals surface area contributed by atoms with Crippen LogP contribution in [0.4, 0.5) is 5.82 Å². The summed E-state index contributed by atoms with van der Waals surface area (Å²) in [6.45, 7) is 6.20. The first kappa shape index (κ1) is 16.5. The Kier molecular flexibility index (Phi) is 3.65. The van der Waals surface area contributed by atoms with Gasteiger partial charge in [-0.15, -0.1) is 0 Å². The molecular formula is C16H19Cl2N3O2. The first-order valence-electron chi connectivity index (χ1n) is 7.52. The molecule has 7 heteroatoms. The standard InChI is InChI=1S/C16H19Cl2N3O2/c1-14(2)15(3)4-5-16(14,7-11(15)21-23)13(22)20-12-10(18)6-9(17)8-19-12/h6,8,23H,4-5,7H2,1-3H3,(H,19,20,22). The number of anilines is 1. The Morgan fingerprint density at radius 1 is 1.35 bits per heavy atom. The van der Waals surface area contributed by atoms with E-state index in [0.717, 1.165) is 12.8 Å².